The molecule has 0 aliphatic heterocycles. The van der Waals surface area contributed by atoms with Crippen molar-refractivity contribution in [2.24, 2.45) is 0 Å². The normalized spacial score (nSPS) is 10.1. The van der Waals surface area contributed by atoms with Gasteiger partial charge in [0.1, 0.15) is 12.1 Å². The number of hydrogen-bond acceptors (Lipinski definition) is 1. The monoisotopic (exact) mass is 214 g/mol. The SMILES string of the molecule is Cc1ccc(F)c(-c2cccc(C=O)c2)c1. The molecule has 0 atom stereocenters. The molecule has 16 heavy (non-hydrogen) atoms. The maximum absolute atomic E-state index is 13.6. The largest absolute Gasteiger partial charge is 0.298 e. The second-order valence-corrected chi connectivity index (χ2v) is 3.73. The Hall–Kier alpha value is -1.96. The van der Waals surface area contributed by atoms with E-state index in [0.717, 1.165) is 17.4 Å². The minimum atomic E-state index is -0.270. The van der Waals surface area contributed by atoms with Crippen LogP contribution in [0.15, 0.2) is 42.5 Å². The molecule has 0 N–H and O–H groups in total. The topological polar surface area (TPSA) is 17.1 Å². The van der Waals surface area contributed by atoms with Crippen molar-refractivity contribution in [2.75, 3.05) is 0 Å². The number of carbonyl (C=O) groups excluding carboxylic acids is 1. The van der Waals surface area contributed by atoms with Gasteiger partial charge in [0, 0.05) is 11.1 Å². The van der Waals surface area contributed by atoms with Crippen LogP contribution in [0, 0.1) is 12.7 Å². The van der Waals surface area contributed by atoms with Gasteiger partial charge in [-0.2, -0.15) is 0 Å². The van der Waals surface area contributed by atoms with Gasteiger partial charge >= 0.3 is 0 Å². The van der Waals surface area contributed by atoms with E-state index in [1.807, 2.05) is 6.92 Å². The number of hydrogen-bond donors (Lipinski definition) is 0. The van der Waals surface area contributed by atoms with Gasteiger partial charge in [-0.05, 0) is 30.7 Å². The smallest absolute Gasteiger partial charge is 0.150 e. The lowest BCUT2D eigenvalue weighted by Gasteiger charge is -2.05. The predicted octanol–water partition coefficient (Wildman–Crippen LogP) is 3.61. The number of rotatable bonds is 2. The van der Waals surface area contributed by atoms with Crippen LogP contribution in [0.5, 0.6) is 0 Å². The third kappa shape index (κ3) is 2.01. The summed E-state index contributed by atoms with van der Waals surface area (Å²) in [6.07, 6.45) is 0.761. The Morgan fingerprint density at radius 3 is 2.69 bits per heavy atom. The maximum Gasteiger partial charge on any atom is 0.150 e. The molecule has 0 radical (unpaired) electrons. The predicted molar refractivity (Wildman–Crippen MR) is 62.0 cm³/mol. The molecule has 0 saturated carbocycles. The van der Waals surface area contributed by atoms with E-state index in [9.17, 15) is 9.18 Å². The fourth-order valence-corrected chi connectivity index (χ4v) is 1.64. The zero-order valence-corrected chi connectivity index (χ0v) is 8.91. The van der Waals surface area contributed by atoms with Gasteiger partial charge in [-0.25, -0.2) is 4.39 Å². The number of carbonyl (C=O) groups is 1. The molecular weight excluding hydrogens is 203 g/mol. The molecule has 0 spiro atoms. The van der Waals surface area contributed by atoms with E-state index in [4.69, 9.17) is 0 Å². The van der Waals surface area contributed by atoms with Crippen molar-refractivity contribution in [2.45, 2.75) is 6.92 Å². The van der Waals surface area contributed by atoms with Crippen molar-refractivity contribution < 1.29 is 9.18 Å². The molecule has 2 heteroatoms. The summed E-state index contributed by atoms with van der Waals surface area (Å²) in [5.41, 5.74) is 2.81. The Kier molecular flexibility index (Phi) is 2.82. The lowest BCUT2D eigenvalue weighted by molar-refractivity contribution is 0.112. The first kappa shape index (κ1) is 10.6. The van der Waals surface area contributed by atoms with Gasteiger partial charge in [0.05, 0.1) is 0 Å². The van der Waals surface area contributed by atoms with E-state index in [2.05, 4.69) is 0 Å². The standard InChI is InChI=1S/C14H11FO/c1-10-5-6-14(15)13(7-10)12-4-2-3-11(8-12)9-16/h2-9H,1H3. The summed E-state index contributed by atoms with van der Waals surface area (Å²) in [6, 6.07) is 11.9. The Bertz CT molecular complexity index is 532. The van der Waals surface area contributed by atoms with Crippen LogP contribution in [0.3, 0.4) is 0 Å². The molecule has 0 unspecified atom stereocenters. The van der Waals surface area contributed by atoms with Gasteiger partial charge in [-0.15, -0.1) is 0 Å². The molecule has 0 saturated heterocycles. The van der Waals surface area contributed by atoms with Crippen LogP contribution in [0.4, 0.5) is 4.39 Å². The summed E-state index contributed by atoms with van der Waals surface area (Å²) in [5.74, 6) is -0.270. The van der Waals surface area contributed by atoms with Crippen LogP contribution in [-0.2, 0) is 0 Å². The molecule has 0 heterocycles. The number of benzene rings is 2. The number of aldehydes is 1. The summed E-state index contributed by atoms with van der Waals surface area (Å²) in [5, 5.41) is 0. The first-order chi connectivity index (χ1) is 7.70. The Morgan fingerprint density at radius 2 is 1.94 bits per heavy atom. The molecule has 0 amide bonds. The molecule has 2 rings (SSSR count). The van der Waals surface area contributed by atoms with E-state index >= 15 is 0 Å². The molecule has 2 aromatic carbocycles. The van der Waals surface area contributed by atoms with E-state index in [-0.39, 0.29) is 5.82 Å². The van der Waals surface area contributed by atoms with Gasteiger partial charge in [0.25, 0.3) is 0 Å². The average molecular weight is 214 g/mol. The molecule has 1 nitrogen and oxygen atoms in total. The zero-order chi connectivity index (χ0) is 11.5. The molecule has 0 aliphatic rings. The third-order valence-corrected chi connectivity index (χ3v) is 2.46. The summed E-state index contributed by atoms with van der Waals surface area (Å²) in [4.78, 5) is 10.6. The molecule has 2 aromatic rings. The first-order valence-electron chi connectivity index (χ1n) is 5.02. The highest BCUT2D eigenvalue weighted by molar-refractivity contribution is 5.79. The third-order valence-electron chi connectivity index (χ3n) is 2.46. The fraction of sp³-hybridized carbons (Fsp3) is 0.0714. The van der Waals surface area contributed by atoms with E-state index in [1.165, 1.54) is 6.07 Å². The van der Waals surface area contributed by atoms with Gasteiger partial charge < -0.3 is 0 Å². The first-order valence-corrected chi connectivity index (χ1v) is 5.02. The second kappa shape index (κ2) is 4.27. The van der Waals surface area contributed by atoms with Crippen molar-refractivity contribution in [3.8, 4) is 11.1 Å². The summed E-state index contributed by atoms with van der Waals surface area (Å²) >= 11 is 0. The lowest BCUT2D eigenvalue weighted by Crippen LogP contribution is -1.87. The van der Waals surface area contributed by atoms with Crippen LogP contribution in [0.25, 0.3) is 11.1 Å². The highest BCUT2D eigenvalue weighted by Gasteiger charge is 2.05. The van der Waals surface area contributed by atoms with Gasteiger partial charge in [-0.3, -0.25) is 4.79 Å². The zero-order valence-electron chi connectivity index (χ0n) is 8.91. The highest BCUT2D eigenvalue weighted by Crippen LogP contribution is 2.24. The Labute approximate surface area is 93.5 Å². The Morgan fingerprint density at radius 1 is 1.12 bits per heavy atom. The van der Waals surface area contributed by atoms with Crippen LogP contribution >= 0.6 is 0 Å². The molecule has 0 bridgehead atoms. The van der Waals surface area contributed by atoms with E-state index < -0.39 is 0 Å². The minimum absolute atomic E-state index is 0.270. The highest BCUT2D eigenvalue weighted by atomic mass is 19.1. The van der Waals surface area contributed by atoms with Crippen molar-refractivity contribution >= 4 is 6.29 Å². The van der Waals surface area contributed by atoms with Crippen LogP contribution in [-0.4, -0.2) is 6.29 Å². The molecule has 0 aliphatic carbocycles. The van der Waals surface area contributed by atoms with Crippen molar-refractivity contribution in [1.82, 2.24) is 0 Å². The van der Waals surface area contributed by atoms with Gasteiger partial charge in [-0.1, -0.05) is 29.8 Å². The average Bonchev–Trinajstić information content (AvgIpc) is 2.32. The number of aryl methyl sites for hydroxylation is 1. The fourth-order valence-electron chi connectivity index (χ4n) is 1.64. The van der Waals surface area contributed by atoms with Crippen molar-refractivity contribution in [3.05, 3.63) is 59.4 Å². The molecule has 80 valence electrons. The van der Waals surface area contributed by atoms with Crippen LogP contribution in [0.2, 0.25) is 0 Å². The van der Waals surface area contributed by atoms with E-state index in [0.29, 0.717) is 11.1 Å². The molecule has 0 fully saturated rings. The van der Waals surface area contributed by atoms with Crippen molar-refractivity contribution in [1.29, 1.82) is 0 Å². The Balaban J connectivity index is 2.57. The summed E-state index contributed by atoms with van der Waals surface area (Å²) in [7, 11) is 0. The summed E-state index contributed by atoms with van der Waals surface area (Å²) < 4.78 is 13.6. The quantitative estimate of drug-likeness (QED) is 0.698. The number of halogens is 1. The maximum atomic E-state index is 13.6. The van der Waals surface area contributed by atoms with E-state index in [1.54, 1.807) is 36.4 Å². The second-order valence-electron chi connectivity index (χ2n) is 3.73. The van der Waals surface area contributed by atoms with Crippen LogP contribution in [0.1, 0.15) is 15.9 Å². The van der Waals surface area contributed by atoms with Crippen molar-refractivity contribution in [3.63, 3.8) is 0 Å². The van der Waals surface area contributed by atoms with Gasteiger partial charge in [0.15, 0.2) is 0 Å². The minimum Gasteiger partial charge on any atom is -0.298 e. The van der Waals surface area contributed by atoms with Gasteiger partial charge in [0.2, 0.25) is 0 Å². The lowest BCUT2D eigenvalue weighted by atomic mass is 10.0. The molecule has 0 aromatic heterocycles. The van der Waals surface area contributed by atoms with Crippen LogP contribution < -0.4 is 0 Å². The summed E-state index contributed by atoms with van der Waals surface area (Å²) in [6.45, 7) is 1.91. The molecular formula is C14H11FO.